The van der Waals surface area contributed by atoms with Gasteiger partial charge in [-0.25, -0.2) is 0 Å². The largest absolute Gasteiger partial charge is 0.399 e. The topological polar surface area (TPSA) is 29.3 Å². The minimum absolute atomic E-state index is 0.700. The van der Waals surface area contributed by atoms with Gasteiger partial charge in [-0.3, -0.25) is 0 Å². The van der Waals surface area contributed by atoms with E-state index in [1.165, 1.54) is 24.9 Å². The Bertz CT molecular complexity index is 305. The molecule has 1 aromatic carbocycles. The standard InChI is InChI=1S/C15H26N2/c1-4-13(3)17(5-2)12-6-7-14-8-10-15(16)11-9-14/h8-11,13H,4-7,12,16H2,1-3H3. The van der Waals surface area contributed by atoms with Crippen LogP contribution in [0.25, 0.3) is 0 Å². The van der Waals surface area contributed by atoms with Gasteiger partial charge in [0.15, 0.2) is 0 Å². The van der Waals surface area contributed by atoms with E-state index in [9.17, 15) is 0 Å². The number of nitrogens with two attached hydrogens (primary N) is 1. The van der Waals surface area contributed by atoms with Gasteiger partial charge in [-0.1, -0.05) is 26.0 Å². The van der Waals surface area contributed by atoms with Gasteiger partial charge in [0.2, 0.25) is 0 Å². The highest BCUT2D eigenvalue weighted by Gasteiger charge is 2.08. The molecule has 96 valence electrons. The molecule has 0 radical (unpaired) electrons. The third-order valence-corrected chi connectivity index (χ3v) is 3.51. The lowest BCUT2D eigenvalue weighted by molar-refractivity contribution is 0.212. The van der Waals surface area contributed by atoms with Gasteiger partial charge < -0.3 is 10.6 Å². The number of nitrogen functional groups attached to an aromatic ring is 1. The van der Waals surface area contributed by atoms with Crippen LogP contribution in [0.3, 0.4) is 0 Å². The van der Waals surface area contributed by atoms with Gasteiger partial charge >= 0.3 is 0 Å². The van der Waals surface area contributed by atoms with Gasteiger partial charge in [-0.15, -0.1) is 0 Å². The molecule has 17 heavy (non-hydrogen) atoms. The smallest absolute Gasteiger partial charge is 0.0314 e. The molecule has 0 heterocycles. The average Bonchev–Trinajstić information content (AvgIpc) is 2.36. The molecular weight excluding hydrogens is 208 g/mol. The Balaban J connectivity index is 2.33. The Morgan fingerprint density at radius 2 is 1.82 bits per heavy atom. The van der Waals surface area contributed by atoms with Crippen molar-refractivity contribution in [2.45, 2.75) is 46.1 Å². The molecule has 0 amide bonds. The van der Waals surface area contributed by atoms with Crippen molar-refractivity contribution in [2.24, 2.45) is 0 Å². The van der Waals surface area contributed by atoms with E-state index in [2.05, 4.69) is 37.8 Å². The minimum Gasteiger partial charge on any atom is -0.399 e. The molecule has 1 aromatic rings. The van der Waals surface area contributed by atoms with Crippen LogP contribution in [0.2, 0.25) is 0 Å². The van der Waals surface area contributed by atoms with Crippen LogP contribution in [0.5, 0.6) is 0 Å². The predicted octanol–water partition coefficient (Wildman–Crippen LogP) is 3.32. The molecule has 0 aromatic heterocycles. The van der Waals surface area contributed by atoms with Gasteiger partial charge in [0.25, 0.3) is 0 Å². The van der Waals surface area contributed by atoms with Crippen LogP contribution in [0.15, 0.2) is 24.3 Å². The van der Waals surface area contributed by atoms with Crippen molar-refractivity contribution in [3.63, 3.8) is 0 Å². The second-order valence-corrected chi connectivity index (χ2v) is 4.73. The van der Waals surface area contributed by atoms with E-state index in [0.29, 0.717) is 6.04 Å². The van der Waals surface area contributed by atoms with Crippen molar-refractivity contribution < 1.29 is 0 Å². The summed E-state index contributed by atoms with van der Waals surface area (Å²) < 4.78 is 0. The summed E-state index contributed by atoms with van der Waals surface area (Å²) in [4.78, 5) is 2.55. The molecule has 0 saturated heterocycles. The molecule has 1 atom stereocenters. The first kappa shape index (κ1) is 14.0. The zero-order chi connectivity index (χ0) is 12.7. The number of benzene rings is 1. The minimum atomic E-state index is 0.700. The Labute approximate surface area is 106 Å². The maximum atomic E-state index is 5.67. The maximum absolute atomic E-state index is 5.67. The summed E-state index contributed by atoms with van der Waals surface area (Å²) in [7, 11) is 0. The highest BCUT2D eigenvalue weighted by Crippen LogP contribution is 2.09. The first-order chi connectivity index (χ1) is 8.17. The summed E-state index contributed by atoms with van der Waals surface area (Å²) in [5, 5.41) is 0. The van der Waals surface area contributed by atoms with E-state index in [4.69, 9.17) is 5.73 Å². The van der Waals surface area contributed by atoms with Crippen molar-refractivity contribution in [1.29, 1.82) is 0 Å². The lowest BCUT2D eigenvalue weighted by Gasteiger charge is -2.26. The van der Waals surface area contributed by atoms with E-state index in [1.807, 2.05) is 12.1 Å². The number of nitrogens with zero attached hydrogens (tertiary/aromatic N) is 1. The van der Waals surface area contributed by atoms with E-state index < -0.39 is 0 Å². The van der Waals surface area contributed by atoms with Gasteiger partial charge in [-0.05, 0) is 57.0 Å². The van der Waals surface area contributed by atoms with Crippen molar-refractivity contribution in [3.05, 3.63) is 29.8 Å². The number of anilines is 1. The molecule has 0 fully saturated rings. The number of hydrogen-bond donors (Lipinski definition) is 1. The fourth-order valence-electron chi connectivity index (χ4n) is 2.12. The summed E-state index contributed by atoms with van der Waals surface area (Å²) in [5.41, 5.74) is 7.91. The van der Waals surface area contributed by atoms with Crippen LogP contribution in [-0.2, 0) is 6.42 Å². The highest BCUT2D eigenvalue weighted by atomic mass is 15.1. The second kappa shape index (κ2) is 7.33. The molecule has 0 aliphatic rings. The summed E-state index contributed by atoms with van der Waals surface area (Å²) in [6.07, 6.45) is 3.60. The molecule has 2 nitrogen and oxygen atoms in total. The van der Waals surface area contributed by atoms with Crippen molar-refractivity contribution >= 4 is 5.69 Å². The Hall–Kier alpha value is -1.02. The van der Waals surface area contributed by atoms with Crippen LogP contribution >= 0.6 is 0 Å². The average molecular weight is 234 g/mol. The van der Waals surface area contributed by atoms with Gasteiger partial charge in [0.05, 0.1) is 0 Å². The molecule has 0 bridgehead atoms. The van der Waals surface area contributed by atoms with Crippen molar-refractivity contribution in [1.82, 2.24) is 4.90 Å². The van der Waals surface area contributed by atoms with Crippen molar-refractivity contribution in [2.75, 3.05) is 18.8 Å². The summed E-state index contributed by atoms with van der Waals surface area (Å²) in [5.74, 6) is 0. The van der Waals surface area contributed by atoms with E-state index in [1.54, 1.807) is 0 Å². The third kappa shape index (κ3) is 4.78. The fourth-order valence-corrected chi connectivity index (χ4v) is 2.12. The van der Waals surface area contributed by atoms with Crippen LogP contribution in [0, 0.1) is 0 Å². The molecular formula is C15H26N2. The fraction of sp³-hybridized carbons (Fsp3) is 0.600. The van der Waals surface area contributed by atoms with E-state index >= 15 is 0 Å². The molecule has 0 aliphatic carbocycles. The summed E-state index contributed by atoms with van der Waals surface area (Å²) in [6.45, 7) is 9.15. The Morgan fingerprint density at radius 1 is 1.18 bits per heavy atom. The number of rotatable bonds is 7. The lowest BCUT2D eigenvalue weighted by Crippen LogP contribution is -2.33. The molecule has 2 heteroatoms. The molecule has 1 unspecified atom stereocenters. The van der Waals surface area contributed by atoms with Crippen molar-refractivity contribution in [3.8, 4) is 0 Å². The molecule has 1 rings (SSSR count). The Morgan fingerprint density at radius 3 is 2.35 bits per heavy atom. The van der Waals surface area contributed by atoms with Gasteiger partial charge in [0, 0.05) is 11.7 Å². The molecule has 2 N–H and O–H groups in total. The van der Waals surface area contributed by atoms with Crippen LogP contribution < -0.4 is 5.73 Å². The quantitative estimate of drug-likeness (QED) is 0.733. The number of aryl methyl sites for hydroxylation is 1. The first-order valence-electron chi connectivity index (χ1n) is 6.75. The highest BCUT2D eigenvalue weighted by molar-refractivity contribution is 5.39. The molecule has 0 aliphatic heterocycles. The monoisotopic (exact) mass is 234 g/mol. The van der Waals surface area contributed by atoms with Gasteiger partial charge in [-0.2, -0.15) is 0 Å². The number of hydrogen-bond acceptors (Lipinski definition) is 2. The second-order valence-electron chi connectivity index (χ2n) is 4.73. The van der Waals surface area contributed by atoms with Crippen LogP contribution in [0.1, 0.15) is 39.2 Å². The SMILES string of the molecule is CCC(C)N(CC)CCCc1ccc(N)cc1. The summed E-state index contributed by atoms with van der Waals surface area (Å²) in [6, 6.07) is 8.94. The first-order valence-corrected chi connectivity index (χ1v) is 6.75. The maximum Gasteiger partial charge on any atom is 0.0314 e. The summed E-state index contributed by atoms with van der Waals surface area (Å²) >= 11 is 0. The zero-order valence-electron chi connectivity index (χ0n) is 11.4. The normalized spacial score (nSPS) is 12.9. The third-order valence-electron chi connectivity index (χ3n) is 3.51. The van der Waals surface area contributed by atoms with Crippen LogP contribution in [-0.4, -0.2) is 24.0 Å². The van der Waals surface area contributed by atoms with E-state index in [-0.39, 0.29) is 0 Å². The molecule has 0 saturated carbocycles. The van der Waals surface area contributed by atoms with Crippen LogP contribution in [0.4, 0.5) is 5.69 Å². The Kier molecular flexibility index (Phi) is 6.06. The van der Waals surface area contributed by atoms with Gasteiger partial charge in [0.1, 0.15) is 0 Å². The predicted molar refractivity (Wildman–Crippen MR) is 76.2 cm³/mol. The zero-order valence-corrected chi connectivity index (χ0v) is 11.4. The molecule has 0 spiro atoms. The van der Waals surface area contributed by atoms with E-state index in [0.717, 1.165) is 18.7 Å². The lowest BCUT2D eigenvalue weighted by atomic mass is 10.1.